The molecule has 0 bridgehead atoms. The fourth-order valence-corrected chi connectivity index (χ4v) is 2.23. The van der Waals surface area contributed by atoms with Gasteiger partial charge in [0.25, 0.3) is 0 Å². The number of likely N-dealkylation sites (N-methyl/N-ethyl adjacent to an activating group) is 1. The second-order valence-corrected chi connectivity index (χ2v) is 5.13. The minimum atomic E-state index is -0.175. The SMILES string of the molecule is CC.CN1CCNCC1.Cc1cccc2oc(C=O)cc(=O)c12. The van der Waals surface area contributed by atoms with Crippen molar-refractivity contribution in [3.05, 3.63) is 45.8 Å². The van der Waals surface area contributed by atoms with Crippen LogP contribution in [0.5, 0.6) is 0 Å². The van der Waals surface area contributed by atoms with E-state index in [0.29, 0.717) is 17.3 Å². The first-order chi connectivity index (χ1) is 11.1. The summed E-state index contributed by atoms with van der Waals surface area (Å²) in [6.07, 6.45) is 0.531. The van der Waals surface area contributed by atoms with E-state index < -0.39 is 0 Å². The number of carbonyl (C=O) groups excluding carboxylic acids is 1. The molecule has 1 fully saturated rings. The molecule has 0 radical (unpaired) electrons. The number of piperazine rings is 1. The Kier molecular flexibility index (Phi) is 8.22. The molecule has 2 heterocycles. The van der Waals surface area contributed by atoms with Crippen molar-refractivity contribution in [2.24, 2.45) is 0 Å². The van der Waals surface area contributed by atoms with Crippen LogP contribution in [-0.2, 0) is 0 Å². The van der Waals surface area contributed by atoms with Gasteiger partial charge in [-0.25, -0.2) is 0 Å². The van der Waals surface area contributed by atoms with Crippen LogP contribution in [0, 0.1) is 6.92 Å². The van der Waals surface area contributed by atoms with E-state index >= 15 is 0 Å². The number of hydrogen-bond donors (Lipinski definition) is 1. The van der Waals surface area contributed by atoms with Gasteiger partial charge in [-0.1, -0.05) is 26.0 Å². The quantitative estimate of drug-likeness (QED) is 0.818. The molecule has 1 aromatic heterocycles. The van der Waals surface area contributed by atoms with E-state index in [1.807, 2.05) is 26.8 Å². The Bertz CT molecular complexity index is 674. The van der Waals surface area contributed by atoms with Gasteiger partial charge in [0.1, 0.15) is 5.58 Å². The second kappa shape index (κ2) is 9.92. The predicted octanol–water partition coefficient (Wildman–Crippen LogP) is 2.46. The van der Waals surface area contributed by atoms with Crippen molar-refractivity contribution in [2.75, 3.05) is 33.2 Å². The summed E-state index contributed by atoms with van der Waals surface area (Å²) in [5, 5.41) is 3.81. The maximum Gasteiger partial charge on any atom is 0.193 e. The lowest BCUT2D eigenvalue weighted by Gasteiger charge is -2.21. The van der Waals surface area contributed by atoms with Crippen molar-refractivity contribution in [1.29, 1.82) is 0 Å². The Balaban J connectivity index is 0.000000247. The van der Waals surface area contributed by atoms with Crippen LogP contribution < -0.4 is 10.7 Å². The topological polar surface area (TPSA) is 62.6 Å². The van der Waals surface area contributed by atoms with Gasteiger partial charge >= 0.3 is 0 Å². The third-order valence-corrected chi connectivity index (χ3v) is 3.44. The van der Waals surface area contributed by atoms with Gasteiger partial charge in [0.15, 0.2) is 17.5 Å². The Morgan fingerprint density at radius 3 is 2.39 bits per heavy atom. The van der Waals surface area contributed by atoms with Crippen molar-refractivity contribution in [2.45, 2.75) is 20.8 Å². The minimum absolute atomic E-state index is 0.0631. The molecule has 3 rings (SSSR count). The Hall–Kier alpha value is -1.98. The summed E-state index contributed by atoms with van der Waals surface area (Å²) in [6.45, 7) is 10.6. The highest BCUT2D eigenvalue weighted by atomic mass is 16.3. The molecule has 1 aliphatic rings. The van der Waals surface area contributed by atoms with Crippen LogP contribution in [0.2, 0.25) is 0 Å². The lowest BCUT2D eigenvalue weighted by Crippen LogP contribution is -2.40. The van der Waals surface area contributed by atoms with Crippen molar-refractivity contribution >= 4 is 17.3 Å². The molecule has 23 heavy (non-hydrogen) atoms. The van der Waals surface area contributed by atoms with E-state index in [4.69, 9.17) is 4.42 Å². The molecule has 5 heteroatoms. The molecular weight excluding hydrogens is 292 g/mol. The van der Waals surface area contributed by atoms with Gasteiger partial charge in [-0.15, -0.1) is 0 Å². The fourth-order valence-electron chi connectivity index (χ4n) is 2.23. The molecule has 126 valence electrons. The molecule has 5 nitrogen and oxygen atoms in total. The van der Waals surface area contributed by atoms with Crippen LogP contribution in [0.1, 0.15) is 30.0 Å². The minimum Gasteiger partial charge on any atom is -0.453 e. The highest BCUT2D eigenvalue weighted by molar-refractivity contribution is 5.82. The van der Waals surface area contributed by atoms with Crippen LogP contribution in [0.3, 0.4) is 0 Å². The largest absolute Gasteiger partial charge is 0.453 e. The van der Waals surface area contributed by atoms with Crippen LogP contribution in [-0.4, -0.2) is 44.4 Å². The van der Waals surface area contributed by atoms with E-state index in [0.717, 1.165) is 18.7 Å². The van der Waals surface area contributed by atoms with E-state index in [9.17, 15) is 9.59 Å². The lowest BCUT2D eigenvalue weighted by molar-refractivity contribution is 0.110. The highest BCUT2D eigenvalue weighted by Crippen LogP contribution is 2.14. The molecule has 2 aromatic rings. The van der Waals surface area contributed by atoms with Gasteiger partial charge in [-0.2, -0.15) is 0 Å². The van der Waals surface area contributed by atoms with Crippen LogP contribution in [0.25, 0.3) is 11.0 Å². The lowest BCUT2D eigenvalue weighted by atomic mass is 10.1. The summed E-state index contributed by atoms with van der Waals surface area (Å²) in [5.74, 6) is 0.0631. The first kappa shape index (κ1) is 19.1. The number of fused-ring (bicyclic) bond motifs is 1. The summed E-state index contributed by atoms with van der Waals surface area (Å²) < 4.78 is 5.20. The molecule has 0 atom stereocenters. The predicted molar refractivity (Wildman–Crippen MR) is 94.3 cm³/mol. The molecule has 0 spiro atoms. The molecule has 1 aromatic carbocycles. The molecule has 0 aliphatic carbocycles. The maximum atomic E-state index is 11.6. The standard InChI is InChI=1S/C11H8O3.C5H12N2.C2H6/c1-7-3-2-4-10-11(7)9(13)5-8(6-12)14-10;1-7-4-2-6-3-5-7;1-2/h2-6H,1H3;6H,2-5H2,1H3;1-2H3. The van der Waals surface area contributed by atoms with Gasteiger partial charge in [0.05, 0.1) is 5.39 Å². The number of benzene rings is 1. The summed E-state index contributed by atoms with van der Waals surface area (Å²) in [5.41, 5.74) is 1.14. The van der Waals surface area contributed by atoms with Crippen LogP contribution in [0.15, 0.2) is 33.5 Å². The van der Waals surface area contributed by atoms with Crippen molar-refractivity contribution in [3.63, 3.8) is 0 Å². The first-order valence-corrected chi connectivity index (χ1v) is 7.99. The second-order valence-electron chi connectivity index (χ2n) is 5.13. The highest BCUT2D eigenvalue weighted by Gasteiger charge is 2.05. The molecule has 0 amide bonds. The van der Waals surface area contributed by atoms with Gasteiger partial charge in [-0.3, -0.25) is 9.59 Å². The first-order valence-electron chi connectivity index (χ1n) is 7.99. The molecule has 0 saturated carbocycles. The number of nitrogens with one attached hydrogen (secondary N) is 1. The number of hydrogen-bond acceptors (Lipinski definition) is 5. The van der Waals surface area contributed by atoms with Gasteiger partial charge in [0, 0.05) is 32.2 Å². The summed E-state index contributed by atoms with van der Waals surface area (Å²) in [4.78, 5) is 24.3. The zero-order chi connectivity index (χ0) is 17.2. The Labute approximate surface area is 137 Å². The number of nitrogens with zero attached hydrogens (tertiary/aromatic N) is 1. The molecule has 1 saturated heterocycles. The number of aryl methyl sites for hydroxylation is 1. The molecule has 1 N–H and O–H groups in total. The zero-order valence-corrected chi connectivity index (χ0v) is 14.4. The molecular formula is C18H26N2O3. The maximum absolute atomic E-state index is 11.6. The fraction of sp³-hybridized carbons (Fsp3) is 0.444. The summed E-state index contributed by atoms with van der Waals surface area (Å²) in [6, 6.07) is 6.51. The molecule has 1 aliphatic heterocycles. The van der Waals surface area contributed by atoms with Crippen molar-refractivity contribution < 1.29 is 9.21 Å². The molecule has 0 unspecified atom stereocenters. The average Bonchev–Trinajstić information content (AvgIpc) is 2.57. The number of rotatable bonds is 1. The average molecular weight is 318 g/mol. The van der Waals surface area contributed by atoms with Crippen molar-refractivity contribution in [3.8, 4) is 0 Å². The van der Waals surface area contributed by atoms with E-state index in [-0.39, 0.29) is 11.2 Å². The zero-order valence-electron chi connectivity index (χ0n) is 14.4. The third-order valence-electron chi connectivity index (χ3n) is 3.44. The van der Waals surface area contributed by atoms with Crippen LogP contribution in [0.4, 0.5) is 0 Å². The Morgan fingerprint density at radius 2 is 1.87 bits per heavy atom. The van der Waals surface area contributed by atoms with Crippen molar-refractivity contribution in [1.82, 2.24) is 10.2 Å². The van der Waals surface area contributed by atoms with Gasteiger partial charge in [0.2, 0.25) is 0 Å². The van der Waals surface area contributed by atoms with E-state index in [1.54, 1.807) is 12.1 Å². The van der Waals surface area contributed by atoms with Gasteiger partial charge < -0.3 is 14.6 Å². The summed E-state index contributed by atoms with van der Waals surface area (Å²) >= 11 is 0. The van der Waals surface area contributed by atoms with E-state index in [1.165, 1.54) is 19.2 Å². The Morgan fingerprint density at radius 1 is 1.22 bits per heavy atom. The normalized spacial score (nSPS) is 14.3. The summed E-state index contributed by atoms with van der Waals surface area (Å²) in [7, 11) is 2.15. The number of aldehydes is 1. The smallest absolute Gasteiger partial charge is 0.193 e. The van der Waals surface area contributed by atoms with E-state index in [2.05, 4.69) is 17.3 Å². The third kappa shape index (κ3) is 5.62. The van der Waals surface area contributed by atoms with Gasteiger partial charge in [-0.05, 0) is 25.6 Å². The number of carbonyl (C=O) groups is 1. The monoisotopic (exact) mass is 318 g/mol. The van der Waals surface area contributed by atoms with Crippen LogP contribution >= 0.6 is 0 Å².